The number of carbonyl (C=O) groups is 3. The van der Waals surface area contributed by atoms with Gasteiger partial charge in [0, 0.05) is 60.3 Å². The predicted octanol–water partition coefficient (Wildman–Crippen LogP) is 4.76. The molecule has 0 aliphatic carbocycles. The Morgan fingerprint density at radius 1 is 1.04 bits per heavy atom. The first-order valence-electron chi connectivity index (χ1n) is 16.9. The average molecular weight is 742 g/mol. The minimum Gasteiger partial charge on any atom is -0.449 e. The second-order valence-electron chi connectivity index (χ2n) is 11.9. The zero-order valence-corrected chi connectivity index (χ0v) is 30.5. The molecule has 52 heavy (non-hydrogen) atoms. The molecule has 1 atom stereocenters. The fourth-order valence-electron chi connectivity index (χ4n) is 5.36. The molecular formula is C37H43N9O4S2. The van der Waals surface area contributed by atoms with Crippen LogP contribution in [-0.4, -0.2) is 79.8 Å². The molecule has 0 spiro atoms. The lowest BCUT2D eigenvalue weighted by Gasteiger charge is -2.21. The number of hydrogen-bond donors (Lipinski definition) is 6. The highest BCUT2D eigenvalue weighted by atomic mass is 32.2. The first-order chi connectivity index (χ1) is 25.3. The molecule has 0 fully saturated rings. The maximum atomic E-state index is 13.4. The van der Waals surface area contributed by atoms with Gasteiger partial charge in [0.1, 0.15) is 5.01 Å². The summed E-state index contributed by atoms with van der Waals surface area (Å²) in [6, 6.07) is 23.7. The lowest BCUT2D eigenvalue weighted by atomic mass is 10.0. The summed E-state index contributed by atoms with van der Waals surface area (Å²) in [5.74, 6) is 1.52. The Morgan fingerprint density at radius 3 is 2.67 bits per heavy atom. The molecule has 1 aliphatic heterocycles. The van der Waals surface area contributed by atoms with E-state index in [4.69, 9.17) is 20.9 Å². The van der Waals surface area contributed by atoms with Crippen LogP contribution >= 0.6 is 23.1 Å². The van der Waals surface area contributed by atoms with Crippen LogP contribution in [0.4, 0.5) is 21.0 Å². The summed E-state index contributed by atoms with van der Waals surface area (Å²) < 4.78 is 5.34. The van der Waals surface area contributed by atoms with Crippen molar-refractivity contribution in [1.82, 2.24) is 20.9 Å². The molecule has 4 aromatic rings. The lowest BCUT2D eigenvalue weighted by molar-refractivity contribution is -0.119. The van der Waals surface area contributed by atoms with Gasteiger partial charge in [0.15, 0.2) is 0 Å². The Balaban J connectivity index is 0.993. The molecular weight excluding hydrogens is 699 g/mol. The molecule has 5 rings (SSSR count). The van der Waals surface area contributed by atoms with Gasteiger partial charge in [-0.15, -0.1) is 11.3 Å². The van der Waals surface area contributed by atoms with Crippen molar-refractivity contribution < 1.29 is 19.1 Å². The number of amidine groups is 1. The number of hydrogen-bond acceptors (Lipinski definition) is 10. The number of thiazole rings is 1. The van der Waals surface area contributed by atoms with E-state index in [1.54, 1.807) is 37.0 Å². The third-order valence-corrected chi connectivity index (χ3v) is 9.77. The van der Waals surface area contributed by atoms with E-state index in [1.807, 2.05) is 66.0 Å². The highest BCUT2D eigenvalue weighted by Crippen LogP contribution is 2.27. The van der Waals surface area contributed by atoms with E-state index in [1.165, 1.54) is 16.2 Å². The summed E-state index contributed by atoms with van der Waals surface area (Å²) in [7, 11) is 1.67. The van der Waals surface area contributed by atoms with Crippen LogP contribution in [0.5, 0.6) is 0 Å². The minimum absolute atomic E-state index is 0.126. The highest BCUT2D eigenvalue weighted by Gasteiger charge is 2.31. The number of urea groups is 1. The number of aliphatic imine (C=N–C) groups is 1. The summed E-state index contributed by atoms with van der Waals surface area (Å²) in [4.78, 5) is 49.4. The zero-order chi connectivity index (χ0) is 36.7. The van der Waals surface area contributed by atoms with Crippen LogP contribution in [0, 0.1) is 5.41 Å². The first-order valence-corrected chi connectivity index (χ1v) is 18.9. The fourth-order valence-corrected chi connectivity index (χ4v) is 7.07. The smallest absolute Gasteiger partial charge is 0.407 e. The zero-order valence-electron chi connectivity index (χ0n) is 28.9. The van der Waals surface area contributed by atoms with Crippen molar-refractivity contribution in [2.75, 3.05) is 49.3 Å². The van der Waals surface area contributed by atoms with Gasteiger partial charge in [-0.1, -0.05) is 60.7 Å². The van der Waals surface area contributed by atoms with Crippen molar-refractivity contribution in [3.63, 3.8) is 0 Å². The second kappa shape index (κ2) is 19.4. The second-order valence-corrected chi connectivity index (χ2v) is 13.9. The number of benzene rings is 3. The summed E-state index contributed by atoms with van der Waals surface area (Å²) in [5.41, 5.74) is 10.8. The molecule has 0 bridgehead atoms. The molecule has 15 heteroatoms. The van der Waals surface area contributed by atoms with Gasteiger partial charge in [-0.3, -0.25) is 10.2 Å². The van der Waals surface area contributed by atoms with Gasteiger partial charge >= 0.3 is 12.1 Å². The number of ether oxygens (including phenoxy) is 1. The van der Waals surface area contributed by atoms with Crippen LogP contribution in [0.3, 0.4) is 0 Å². The number of nitrogens with two attached hydrogens (primary N) is 1. The van der Waals surface area contributed by atoms with Gasteiger partial charge in [-0.2, -0.15) is 11.8 Å². The normalized spacial score (nSPS) is 13.8. The molecule has 0 saturated heterocycles. The molecule has 1 aliphatic rings. The maximum Gasteiger partial charge on any atom is 0.407 e. The molecule has 3 aromatic carbocycles. The molecule has 13 nitrogen and oxygen atoms in total. The molecule has 1 aromatic heterocycles. The average Bonchev–Trinajstić information content (AvgIpc) is 3.55. The summed E-state index contributed by atoms with van der Waals surface area (Å²) >= 11 is 3.32. The SMILES string of the molecule is CN1C(=O)[C@H](NC(=O)Nc2cccc(CCOC(=O)NCCCNCCSCc3csc(CC(=N)N)n3)c2)N=C(c2ccccc2)c2ccccc21. The lowest BCUT2D eigenvalue weighted by Crippen LogP contribution is -2.47. The molecule has 272 valence electrons. The Bertz CT molecular complexity index is 1870. The number of thioether (sulfide) groups is 1. The Hall–Kier alpha value is -5.25. The van der Waals surface area contributed by atoms with E-state index in [0.29, 0.717) is 36.5 Å². The van der Waals surface area contributed by atoms with Gasteiger partial charge in [-0.05, 0) is 36.7 Å². The molecule has 0 unspecified atom stereocenters. The standard InChI is InChI=1S/C37H43N9O4S2/c1-46-30-14-6-5-13-29(30)33(26-10-3-2-4-11-26)44-34(35(46)47)45-36(48)43-27-12-7-9-25(21-27)15-19-50-37(49)41-17-8-16-40-18-20-51-23-28-24-52-32(42-28)22-31(38)39/h2-7,9-14,21,24,34,40H,8,15-20,22-23H2,1H3,(H3,38,39)(H,41,49)(H2,43,45,48)/t34-/m0/s1. The van der Waals surface area contributed by atoms with Gasteiger partial charge in [0.2, 0.25) is 6.17 Å². The van der Waals surface area contributed by atoms with Crippen molar-refractivity contribution in [2.45, 2.75) is 31.2 Å². The van der Waals surface area contributed by atoms with Crippen LogP contribution in [0.2, 0.25) is 0 Å². The number of nitrogens with one attached hydrogen (secondary N) is 5. The number of anilines is 2. The number of rotatable bonds is 17. The van der Waals surface area contributed by atoms with E-state index >= 15 is 0 Å². The third-order valence-electron chi connectivity index (χ3n) is 7.88. The van der Waals surface area contributed by atoms with Gasteiger partial charge in [-0.25, -0.2) is 19.6 Å². The third kappa shape index (κ3) is 11.4. The number of aromatic nitrogens is 1. The number of fused-ring (bicyclic) bond motifs is 1. The summed E-state index contributed by atoms with van der Waals surface area (Å²) in [6.45, 7) is 2.29. The quantitative estimate of drug-likeness (QED) is 0.0508. The van der Waals surface area contributed by atoms with E-state index in [2.05, 4.69) is 26.3 Å². The number of alkyl carbamates (subject to hydrolysis) is 1. The number of para-hydroxylation sites is 1. The van der Waals surface area contributed by atoms with Crippen LogP contribution < -0.4 is 31.9 Å². The van der Waals surface area contributed by atoms with Crippen molar-refractivity contribution in [2.24, 2.45) is 10.7 Å². The highest BCUT2D eigenvalue weighted by molar-refractivity contribution is 7.98. The van der Waals surface area contributed by atoms with Crippen molar-refractivity contribution in [3.8, 4) is 0 Å². The van der Waals surface area contributed by atoms with E-state index in [9.17, 15) is 14.4 Å². The van der Waals surface area contributed by atoms with Crippen LogP contribution in [0.25, 0.3) is 0 Å². The van der Waals surface area contributed by atoms with Crippen molar-refractivity contribution >= 4 is 64.1 Å². The number of carbonyl (C=O) groups excluding carboxylic acids is 3. The Labute approximate surface area is 311 Å². The molecule has 0 saturated carbocycles. The number of benzodiazepines with no additional fused rings is 1. The van der Waals surface area contributed by atoms with Crippen molar-refractivity contribution in [1.29, 1.82) is 5.41 Å². The van der Waals surface area contributed by atoms with Crippen LogP contribution in [0.1, 0.15) is 33.8 Å². The fraction of sp³-hybridized carbons (Fsp3) is 0.297. The van der Waals surface area contributed by atoms with E-state index in [0.717, 1.165) is 58.4 Å². The maximum absolute atomic E-state index is 13.4. The Kier molecular flexibility index (Phi) is 14.2. The monoisotopic (exact) mass is 741 g/mol. The minimum atomic E-state index is -1.15. The molecule has 4 amide bonds. The van der Waals surface area contributed by atoms with E-state index < -0.39 is 18.3 Å². The van der Waals surface area contributed by atoms with Gasteiger partial charge < -0.3 is 36.6 Å². The largest absolute Gasteiger partial charge is 0.449 e. The topological polar surface area (TPSA) is 187 Å². The van der Waals surface area contributed by atoms with Gasteiger partial charge in [0.05, 0.1) is 36.0 Å². The predicted molar refractivity (Wildman–Crippen MR) is 209 cm³/mol. The van der Waals surface area contributed by atoms with E-state index in [-0.39, 0.29) is 18.3 Å². The summed E-state index contributed by atoms with van der Waals surface area (Å²) in [6.07, 6.45) is 0.00177. The van der Waals surface area contributed by atoms with Crippen molar-refractivity contribution in [3.05, 3.63) is 112 Å². The van der Waals surface area contributed by atoms with Gasteiger partial charge in [0.25, 0.3) is 5.91 Å². The number of likely N-dealkylation sites (N-methyl/N-ethyl adjacent to an activating group) is 1. The molecule has 7 N–H and O–H groups in total. The van der Waals surface area contributed by atoms with Crippen LogP contribution in [0.15, 0.2) is 89.2 Å². The Morgan fingerprint density at radius 2 is 1.85 bits per heavy atom. The molecule has 2 heterocycles. The number of amides is 4. The molecule has 0 radical (unpaired) electrons. The van der Waals surface area contributed by atoms with Crippen LogP contribution in [-0.2, 0) is 28.1 Å². The number of nitrogens with zero attached hydrogens (tertiary/aromatic N) is 3. The summed E-state index contributed by atoms with van der Waals surface area (Å²) in [5, 5.41) is 21.9. The first kappa shape index (κ1) is 38.0.